The molecule has 36 heavy (non-hydrogen) atoms. The van der Waals surface area contributed by atoms with Crippen LogP contribution in [0.4, 0.5) is 11.4 Å². The Morgan fingerprint density at radius 3 is 2.42 bits per heavy atom. The molecule has 1 unspecified atom stereocenters. The van der Waals surface area contributed by atoms with Crippen LogP contribution < -0.4 is 24.4 Å². The van der Waals surface area contributed by atoms with E-state index >= 15 is 0 Å². The van der Waals surface area contributed by atoms with Gasteiger partial charge in [-0.05, 0) is 66.9 Å². The molecule has 0 saturated carbocycles. The summed E-state index contributed by atoms with van der Waals surface area (Å²) in [6.07, 6.45) is 1.57. The monoisotopic (exact) mass is 487 g/mol. The smallest absolute Gasteiger partial charge is 0.262 e. The van der Waals surface area contributed by atoms with E-state index < -0.39 is 6.17 Å². The molecule has 0 aliphatic carbocycles. The van der Waals surface area contributed by atoms with Gasteiger partial charge in [0.15, 0.2) is 18.1 Å². The van der Waals surface area contributed by atoms with Gasteiger partial charge in [0.25, 0.3) is 11.8 Å². The van der Waals surface area contributed by atoms with Crippen molar-refractivity contribution in [2.45, 2.75) is 19.0 Å². The van der Waals surface area contributed by atoms with Gasteiger partial charge < -0.3 is 24.4 Å². The number of hydrogen-bond acceptors (Lipinski definition) is 6. The Hall–Kier alpha value is -4.20. The zero-order chi connectivity index (χ0) is 25.1. The van der Waals surface area contributed by atoms with Crippen LogP contribution in [0.25, 0.3) is 0 Å². The summed E-state index contributed by atoms with van der Waals surface area (Å²) >= 11 is 0. The van der Waals surface area contributed by atoms with Crippen LogP contribution in [0.5, 0.6) is 17.2 Å². The maximum absolute atomic E-state index is 13.6. The van der Waals surface area contributed by atoms with E-state index in [0.29, 0.717) is 22.8 Å². The highest BCUT2D eigenvalue weighted by molar-refractivity contribution is 6.12. The number of fused-ring (bicyclic) bond motifs is 1. The van der Waals surface area contributed by atoms with Crippen LogP contribution in [0.1, 0.15) is 34.9 Å². The lowest BCUT2D eigenvalue weighted by atomic mass is 10.0. The molecule has 2 heterocycles. The highest BCUT2D eigenvalue weighted by Crippen LogP contribution is 2.39. The molecule has 1 saturated heterocycles. The summed E-state index contributed by atoms with van der Waals surface area (Å²) in [7, 11) is 3.17. The van der Waals surface area contributed by atoms with Crippen LogP contribution in [0, 0.1) is 0 Å². The number of nitrogens with zero attached hydrogens (tertiary/aromatic N) is 2. The average Bonchev–Trinajstić information content (AvgIpc) is 3.47. The van der Waals surface area contributed by atoms with Crippen molar-refractivity contribution in [2.75, 3.05) is 44.1 Å². The molecule has 0 spiro atoms. The number of methoxy groups -OCH3 is 2. The van der Waals surface area contributed by atoms with Crippen LogP contribution in [0.3, 0.4) is 0 Å². The molecule has 186 valence electrons. The maximum atomic E-state index is 13.6. The summed E-state index contributed by atoms with van der Waals surface area (Å²) in [5.74, 6) is 1.53. The number of anilines is 2. The Kier molecular flexibility index (Phi) is 6.66. The lowest BCUT2D eigenvalue weighted by Crippen LogP contribution is -2.43. The van der Waals surface area contributed by atoms with Gasteiger partial charge in [0, 0.05) is 24.5 Å². The second kappa shape index (κ2) is 10.2. The number of likely N-dealkylation sites (tertiary alicyclic amines) is 1. The van der Waals surface area contributed by atoms with Crippen molar-refractivity contribution >= 4 is 23.2 Å². The van der Waals surface area contributed by atoms with Crippen LogP contribution in [-0.2, 0) is 4.79 Å². The van der Waals surface area contributed by atoms with E-state index in [1.54, 1.807) is 25.2 Å². The van der Waals surface area contributed by atoms with Crippen molar-refractivity contribution in [3.05, 3.63) is 77.9 Å². The Labute approximate surface area is 210 Å². The van der Waals surface area contributed by atoms with Gasteiger partial charge in [0.05, 0.1) is 19.8 Å². The molecule has 3 aromatic rings. The molecule has 5 rings (SSSR count). The number of amides is 2. The lowest BCUT2D eigenvalue weighted by Gasteiger charge is -2.38. The Balaban J connectivity index is 1.45. The fourth-order valence-electron chi connectivity index (χ4n) is 4.67. The van der Waals surface area contributed by atoms with E-state index in [1.807, 2.05) is 65.6 Å². The van der Waals surface area contributed by atoms with Gasteiger partial charge in [-0.25, -0.2) is 0 Å². The topological polar surface area (TPSA) is 80.3 Å². The minimum Gasteiger partial charge on any atom is -0.497 e. The van der Waals surface area contributed by atoms with Gasteiger partial charge in [-0.3, -0.25) is 14.5 Å². The maximum Gasteiger partial charge on any atom is 0.262 e. The number of hydrogen-bond donors (Lipinski definition) is 1. The highest BCUT2D eigenvalue weighted by atomic mass is 16.5. The Morgan fingerprint density at radius 2 is 1.69 bits per heavy atom. The van der Waals surface area contributed by atoms with Crippen molar-refractivity contribution in [3.8, 4) is 17.2 Å². The first kappa shape index (κ1) is 23.5. The fraction of sp³-hybridized carbons (Fsp3) is 0.286. The second-order valence-corrected chi connectivity index (χ2v) is 8.75. The summed E-state index contributed by atoms with van der Waals surface area (Å²) in [4.78, 5) is 29.6. The van der Waals surface area contributed by atoms with Crippen LogP contribution in [0.15, 0.2) is 66.7 Å². The van der Waals surface area contributed by atoms with E-state index in [4.69, 9.17) is 14.2 Å². The van der Waals surface area contributed by atoms with Crippen molar-refractivity contribution in [3.63, 3.8) is 0 Å². The molecule has 1 N–H and O–H groups in total. The van der Waals surface area contributed by atoms with E-state index in [9.17, 15) is 9.59 Å². The summed E-state index contributed by atoms with van der Waals surface area (Å²) in [5, 5.41) is 3.50. The molecule has 1 fully saturated rings. The third-order valence-electron chi connectivity index (χ3n) is 6.59. The number of benzene rings is 3. The van der Waals surface area contributed by atoms with Gasteiger partial charge in [-0.2, -0.15) is 0 Å². The predicted octanol–water partition coefficient (Wildman–Crippen LogP) is 4.48. The van der Waals surface area contributed by atoms with Crippen LogP contribution in [0.2, 0.25) is 0 Å². The summed E-state index contributed by atoms with van der Waals surface area (Å²) < 4.78 is 16.7. The summed E-state index contributed by atoms with van der Waals surface area (Å²) in [5.41, 5.74) is 2.89. The van der Waals surface area contributed by atoms with E-state index in [1.165, 1.54) is 0 Å². The van der Waals surface area contributed by atoms with Gasteiger partial charge in [-0.1, -0.05) is 18.2 Å². The zero-order valence-corrected chi connectivity index (χ0v) is 20.4. The number of nitrogens with one attached hydrogen (secondary N) is 1. The molecule has 0 radical (unpaired) electrons. The molecule has 2 aliphatic rings. The molecule has 0 bridgehead atoms. The van der Waals surface area contributed by atoms with Crippen molar-refractivity contribution in [1.82, 2.24) is 4.90 Å². The van der Waals surface area contributed by atoms with Crippen molar-refractivity contribution in [1.29, 1.82) is 0 Å². The number of rotatable bonds is 7. The molecular weight excluding hydrogens is 458 g/mol. The molecule has 2 aliphatic heterocycles. The molecule has 2 amide bonds. The summed E-state index contributed by atoms with van der Waals surface area (Å²) in [6, 6.07) is 20.3. The van der Waals surface area contributed by atoms with Gasteiger partial charge in [0.2, 0.25) is 0 Å². The van der Waals surface area contributed by atoms with E-state index in [0.717, 1.165) is 42.9 Å². The van der Waals surface area contributed by atoms with E-state index in [-0.39, 0.29) is 18.4 Å². The van der Waals surface area contributed by atoms with Gasteiger partial charge >= 0.3 is 0 Å². The fourth-order valence-corrected chi connectivity index (χ4v) is 4.67. The number of carbonyl (C=O) groups is 2. The van der Waals surface area contributed by atoms with Crippen molar-refractivity contribution in [2.24, 2.45) is 0 Å². The minimum atomic E-state index is -0.491. The number of ether oxygens (including phenoxy) is 3. The molecular formula is C28H29N3O5. The second-order valence-electron chi connectivity index (χ2n) is 8.75. The highest BCUT2D eigenvalue weighted by Gasteiger charge is 2.34. The largest absolute Gasteiger partial charge is 0.497 e. The normalized spacial score (nSPS) is 16.8. The molecule has 8 heteroatoms. The zero-order valence-electron chi connectivity index (χ0n) is 20.4. The molecule has 8 nitrogen and oxygen atoms in total. The first-order chi connectivity index (χ1) is 17.6. The van der Waals surface area contributed by atoms with Crippen molar-refractivity contribution < 1.29 is 23.8 Å². The summed E-state index contributed by atoms with van der Waals surface area (Å²) in [6.45, 7) is 1.52. The number of para-hydroxylation sites is 1. The first-order valence-electron chi connectivity index (χ1n) is 12.0. The number of carbonyl (C=O) groups excluding carboxylic acids is 2. The molecule has 0 aromatic heterocycles. The quantitative estimate of drug-likeness (QED) is 0.530. The first-order valence-corrected chi connectivity index (χ1v) is 12.0. The average molecular weight is 488 g/mol. The Bertz CT molecular complexity index is 1250. The molecule has 1 atom stereocenters. The third-order valence-corrected chi connectivity index (χ3v) is 6.59. The lowest BCUT2D eigenvalue weighted by molar-refractivity contribution is -0.132. The van der Waals surface area contributed by atoms with E-state index in [2.05, 4.69) is 5.32 Å². The van der Waals surface area contributed by atoms with Crippen LogP contribution in [-0.4, -0.2) is 50.6 Å². The minimum absolute atomic E-state index is 0.0274. The predicted molar refractivity (Wildman–Crippen MR) is 137 cm³/mol. The molecule has 3 aromatic carbocycles. The van der Waals surface area contributed by atoms with Gasteiger partial charge in [0.1, 0.15) is 11.9 Å². The van der Waals surface area contributed by atoms with Gasteiger partial charge in [-0.15, -0.1) is 0 Å². The SMILES string of the molecule is COc1ccc(N2C(=O)c3ccccc3NC2c2ccc(OCC(=O)N3CCCC3)c(OC)c2)cc1. The van der Waals surface area contributed by atoms with Crippen LogP contribution >= 0.6 is 0 Å². The Morgan fingerprint density at radius 1 is 0.944 bits per heavy atom. The standard InChI is InChI=1S/C28H29N3O5/c1-34-21-12-10-20(11-13-21)31-27(29-23-8-4-3-7-22(23)28(31)33)19-9-14-24(25(17-19)35-2)36-18-26(32)30-15-5-6-16-30/h3-4,7-14,17,27,29H,5-6,15-16,18H2,1-2H3. The third kappa shape index (κ3) is 4.54.